The summed E-state index contributed by atoms with van der Waals surface area (Å²) in [6.45, 7) is 52.2. The first-order chi connectivity index (χ1) is 52.5. The summed E-state index contributed by atoms with van der Waals surface area (Å²) in [5, 5.41) is 25.6. The van der Waals surface area contributed by atoms with Gasteiger partial charge in [0.05, 0.1) is 48.6 Å². The van der Waals surface area contributed by atoms with Crippen LogP contribution in [0.4, 0.5) is 17.1 Å². The number of hydrogen-bond donors (Lipinski definition) is 0. The van der Waals surface area contributed by atoms with Crippen LogP contribution in [0.2, 0.25) is 0 Å². The third-order valence-electron chi connectivity index (χ3n) is 21.6. The van der Waals surface area contributed by atoms with E-state index < -0.39 is 23.9 Å². The Balaban J connectivity index is 0.000000157. The summed E-state index contributed by atoms with van der Waals surface area (Å²) in [5.74, 6) is -1.73. The molecule has 9 aromatic carbocycles. The zero-order chi connectivity index (χ0) is 79.7. The lowest BCUT2D eigenvalue weighted by Crippen LogP contribution is -2.23. The lowest BCUT2D eigenvalue weighted by atomic mass is 9.73. The zero-order valence-corrected chi connectivity index (χ0v) is 65.2. The minimum Gasteiger partial charge on any atom is -0.318 e. The summed E-state index contributed by atoms with van der Waals surface area (Å²) in [7, 11) is 0. The summed E-state index contributed by atoms with van der Waals surface area (Å²) < 4.78 is 0. The highest BCUT2D eigenvalue weighted by Crippen LogP contribution is 2.57. The maximum absolute atomic E-state index is 12.9. The molecule has 4 aliphatic carbocycles. The Hall–Kier alpha value is -12.8. The molecule has 0 bridgehead atoms. The van der Waals surface area contributed by atoms with Gasteiger partial charge in [-0.25, -0.2) is 33.7 Å². The topological polar surface area (TPSA) is 209 Å². The number of carbonyl (C=O) groups excluding carboxylic acids is 5. The highest BCUT2D eigenvalue weighted by molar-refractivity contribution is 6.10. The Bertz CT molecular complexity index is 5520. The van der Waals surface area contributed by atoms with Crippen molar-refractivity contribution in [2.75, 3.05) is 0 Å². The van der Waals surface area contributed by atoms with Crippen molar-refractivity contribution in [3.05, 3.63) is 288 Å². The number of benzene rings is 9. The summed E-state index contributed by atoms with van der Waals surface area (Å²) in [4.78, 5) is 87.2. The van der Waals surface area contributed by atoms with Gasteiger partial charge in [-0.05, 0) is 195 Å². The molecule has 0 fully saturated rings. The van der Waals surface area contributed by atoms with E-state index in [1.54, 1.807) is 6.07 Å². The van der Waals surface area contributed by atoms with E-state index in [9.17, 15) is 29.2 Å². The van der Waals surface area contributed by atoms with Crippen LogP contribution in [0.3, 0.4) is 0 Å². The predicted molar refractivity (Wildman–Crippen MR) is 433 cm³/mol. The fourth-order valence-corrected chi connectivity index (χ4v) is 15.8. The minimum absolute atomic E-state index is 0.0233. The first-order valence-corrected chi connectivity index (χ1v) is 36.8. The summed E-state index contributed by atoms with van der Waals surface area (Å²) >= 11 is 0. The quantitative estimate of drug-likeness (QED) is 0.0294. The molecule has 13 rings (SSSR count). The van der Waals surface area contributed by atoms with Crippen molar-refractivity contribution >= 4 is 69.6 Å². The molecule has 9 aromatic rings. The number of carbonyl (C=O) groups is 5. The minimum atomic E-state index is -0.446. The fraction of sp³-hybridized carbons (Fsp3) is 0.280. The Kier molecular flexibility index (Phi) is 24.0. The van der Waals surface area contributed by atoms with Gasteiger partial charge in [0.25, 0.3) is 0 Å². The Morgan fingerprint density at radius 1 is 0.373 bits per heavy atom. The maximum atomic E-state index is 12.9. The van der Waals surface area contributed by atoms with Crippen LogP contribution < -0.4 is 0 Å². The van der Waals surface area contributed by atoms with E-state index in [1.807, 2.05) is 136 Å². The van der Waals surface area contributed by atoms with Gasteiger partial charge in [0, 0.05) is 71.6 Å². The van der Waals surface area contributed by atoms with E-state index >= 15 is 0 Å². The smallest absolute Gasteiger partial charge is 0.318 e. The van der Waals surface area contributed by atoms with Gasteiger partial charge in [0.15, 0.2) is 22.8 Å². The number of nitrogens with zero attached hydrogens (tertiary/aromatic N) is 8. The van der Waals surface area contributed by atoms with Crippen LogP contribution in [0.5, 0.6) is 0 Å². The molecular formula is C93H88N8O9. The fourth-order valence-electron chi connectivity index (χ4n) is 15.8. The van der Waals surface area contributed by atoms with Crippen LogP contribution in [-0.2, 0) is 60.2 Å². The highest BCUT2D eigenvalue weighted by atomic mass is 16.7. The molecule has 0 aromatic heterocycles. The molecule has 0 atom stereocenters. The van der Waals surface area contributed by atoms with Crippen LogP contribution in [0.25, 0.3) is 59.0 Å². The molecule has 0 aliphatic heterocycles. The first-order valence-electron chi connectivity index (χ1n) is 36.8. The van der Waals surface area contributed by atoms with Crippen molar-refractivity contribution < 1.29 is 43.3 Å². The molecule has 0 heterocycles. The second-order valence-corrected chi connectivity index (χ2v) is 28.8. The average molecular weight is 1460 g/mol. The van der Waals surface area contributed by atoms with Crippen LogP contribution in [0, 0.1) is 31.0 Å². The normalized spacial score (nSPS) is 14.1. The molecule has 0 radical (unpaired) electrons. The third-order valence-corrected chi connectivity index (χ3v) is 21.6. The van der Waals surface area contributed by atoms with Gasteiger partial charge < -0.3 is 19.4 Å². The van der Waals surface area contributed by atoms with Gasteiger partial charge in [-0.2, -0.15) is 5.26 Å². The average Bonchev–Trinajstić information content (AvgIpc) is 1.58. The van der Waals surface area contributed by atoms with E-state index in [2.05, 4.69) is 152 Å². The second-order valence-electron chi connectivity index (χ2n) is 28.8. The lowest BCUT2D eigenvalue weighted by Gasteiger charge is -2.30. The molecule has 0 N–H and O–H groups in total. The van der Waals surface area contributed by atoms with Crippen molar-refractivity contribution in [1.82, 2.24) is 0 Å². The largest absolute Gasteiger partial charge is 0.331 e. The van der Waals surface area contributed by atoms with Crippen molar-refractivity contribution in [2.45, 2.75) is 171 Å². The van der Waals surface area contributed by atoms with E-state index in [0.717, 1.165) is 110 Å². The SMILES string of the molecule is CC(=O)ON=C(C)c1ccc2c(c1)C(C)(C)c1cc(C(=O)c3ccccc3)ccc1-2.[C-]#[N+]c1cc(C#N)c2c(c1)C(CC)(CC)c1cc(C(CCC)=NOC(C)=O)ccc1-2.[C-]#[N+]c1ccc2c(c1)C(C)(C)c1cc(C(C)=NOC(C)=O)ccc1-2.[C-]#[N+]c1ccc2c(c1)C(CC)(CC)c1cc(C(C)=NOC(C)=O)ccc1-2. The van der Waals surface area contributed by atoms with Crippen molar-refractivity contribution in [3.8, 4) is 50.6 Å². The number of rotatable bonds is 16. The third kappa shape index (κ3) is 15.5. The number of fused-ring (bicyclic) bond motifs is 12. The molecule has 0 saturated carbocycles. The van der Waals surface area contributed by atoms with Gasteiger partial charge in [0.1, 0.15) is 0 Å². The molecule has 0 saturated heterocycles. The van der Waals surface area contributed by atoms with Gasteiger partial charge in [-0.3, -0.25) is 4.79 Å². The van der Waals surface area contributed by atoms with Gasteiger partial charge >= 0.3 is 23.9 Å². The second kappa shape index (κ2) is 33.1. The molecule has 110 heavy (non-hydrogen) atoms. The van der Waals surface area contributed by atoms with Gasteiger partial charge in [-0.1, -0.05) is 223 Å². The molecule has 0 unspecified atom stereocenters. The summed E-state index contributed by atoms with van der Waals surface area (Å²) in [5.41, 5.74) is 27.6. The molecule has 0 spiro atoms. The van der Waals surface area contributed by atoms with Crippen molar-refractivity contribution in [1.29, 1.82) is 5.26 Å². The van der Waals surface area contributed by atoms with E-state index in [-0.39, 0.29) is 27.4 Å². The summed E-state index contributed by atoms with van der Waals surface area (Å²) in [6, 6.07) is 57.8. The van der Waals surface area contributed by atoms with E-state index in [4.69, 9.17) is 39.1 Å². The molecule has 554 valence electrons. The monoisotopic (exact) mass is 1460 g/mol. The molecule has 17 heteroatoms. The number of nitriles is 1. The molecular weight excluding hydrogens is 1370 g/mol. The Morgan fingerprint density at radius 2 is 0.700 bits per heavy atom. The number of oxime groups is 4. The molecule has 0 amide bonds. The first kappa shape index (κ1) is 79.7. The van der Waals surface area contributed by atoms with Crippen LogP contribution in [-0.4, -0.2) is 52.5 Å². The van der Waals surface area contributed by atoms with Crippen LogP contribution >= 0.6 is 0 Å². The van der Waals surface area contributed by atoms with Gasteiger partial charge in [0.2, 0.25) is 0 Å². The van der Waals surface area contributed by atoms with E-state index in [1.165, 1.54) is 66.6 Å². The maximum Gasteiger partial charge on any atom is 0.331 e. The highest BCUT2D eigenvalue weighted by Gasteiger charge is 2.44. The standard InChI is InChI=1S/C26H23NO3.C25H25N3O2.C22H22N2O2.C20H18N2O2/c1-16(27-30-17(2)28)19-10-12-21-22-13-11-20(25(29)18-8-6-5-7-9-18)15-24(22)26(3,4)23(21)14-19;1-6-9-23(28-30-16(4)29)17-10-11-20-21(13-17)25(7-2,8-3)22-14-19(27-5)12-18(15-26)24(20)22;1-6-22(7-2)20-12-16(14(3)24-26-15(4)25)8-10-18(20)19-11-9-17(23-5)13-21(19)22;1-12(22-24-13(2)23)14-6-8-16-17-9-7-15(21-5)11-19(17)20(3,4)18(16)10-14/h5-15H,1-4H3;10-14H,6-9H2,1-4H3;8-13H,6-7H2,1-4H3;6-11H,1-4H3. The molecule has 4 aliphatic rings. The zero-order valence-electron chi connectivity index (χ0n) is 65.2. The number of ketones is 1. The number of hydrogen-bond acceptors (Lipinski definition) is 14. The summed E-state index contributed by atoms with van der Waals surface area (Å²) in [6.07, 6.45) is 5.17. The molecule has 17 nitrogen and oxygen atoms in total. The van der Waals surface area contributed by atoms with Crippen LogP contribution in [0.15, 0.2) is 190 Å². The van der Waals surface area contributed by atoms with Gasteiger partial charge in [-0.15, -0.1) is 0 Å². The Labute approximate surface area is 644 Å². The lowest BCUT2D eigenvalue weighted by molar-refractivity contribution is -0.141. The van der Waals surface area contributed by atoms with E-state index in [0.29, 0.717) is 57.3 Å². The Morgan fingerprint density at radius 3 is 1.12 bits per heavy atom. The van der Waals surface area contributed by atoms with Crippen LogP contribution in [0.1, 0.15) is 238 Å². The van der Waals surface area contributed by atoms with Crippen molar-refractivity contribution in [3.63, 3.8) is 0 Å². The predicted octanol–water partition coefficient (Wildman–Crippen LogP) is 22.2. The van der Waals surface area contributed by atoms with Crippen molar-refractivity contribution in [2.24, 2.45) is 20.6 Å².